The minimum Gasteiger partial charge on any atom is -0.0616 e. The summed E-state index contributed by atoms with van der Waals surface area (Å²) >= 11 is 0. The lowest BCUT2D eigenvalue weighted by molar-refractivity contribution is 1.60. The van der Waals surface area contributed by atoms with Crippen LogP contribution in [0.25, 0.3) is 109 Å². The Morgan fingerprint density at radius 2 is 0.589 bits per heavy atom. The minimum absolute atomic E-state index is 1.20. The highest BCUT2D eigenvalue weighted by molar-refractivity contribution is 6.25. The molecule has 0 bridgehead atoms. The molecule has 0 heteroatoms. The number of hydrogen-bond donors (Lipinski definition) is 0. The normalized spacial score (nSPS) is 11.6. The van der Waals surface area contributed by atoms with E-state index in [9.17, 15) is 0 Å². The van der Waals surface area contributed by atoms with Crippen molar-refractivity contribution in [2.24, 2.45) is 0 Å². The van der Waals surface area contributed by atoms with E-state index in [4.69, 9.17) is 0 Å². The summed E-state index contributed by atoms with van der Waals surface area (Å²) in [6.07, 6.45) is 0. The van der Waals surface area contributed by atoms with Gasteiger partial charge in [0.2, 0.25) is 0 Å². The van der Waals surface area contributed by atoms with E-state index in [1.807, 2.05) is 0 Å². The van der Waals surface area contributed by atoms with Gasteiger partial charge in [-0.1, -0.05) is 206 Å². The summed E-state index contributed by atoms with van der Waals surface area (Å²) in [5.41, 5.74) is 12.4. The molecule has 56 heavy (non-hydrogen) atoms. The van der Waals surface area contributed by atoms with Gasteiger partial charge in [-0.05, 0) is 122 Å². The Hall–Kier alpha value is -7.28. The first-order valence-electron chi connectivity index (χ1n) is 19.4. The molecule has 11 aromatic rings. The molecule has 0 fully saturated rings. The maximum absolute atomic E-state index is 2.47. The van der Waals surface area contributed by atoms with E-state index in [1.54, 1.807) is 0 Å². The van der Waals surface area contributed by atoms with E-state index in [-0.39, 0.29) is 0 Å². The summed E-state index contributed by atoms with van der Waals surface area (Å²) in [5.74, 6) is 0. The summed E-state index contributed by atoms with van der Waals surface area (Å²) in [6, 6.07) is 80.5. The Bertz CT molecular complexity index is 3300. The first kappa shape index (κ1) is 32.2. The van der Waals surface area contributed by atoms with Crippen LogP contribution in [0.4, 0.5) is 0 Å². The fourth-order valence-corrected chi connectivity index (χ4v) is 9.11. The predicted molar refractivity (Wildman–Crippen MR) is 241 cm³/mol. The Morgan fingerprint density at radius 3 is 1.29 bits per heavy atom. The topological polar surface area (TPSA) is 0 Å². The molecule has 0 aromatic heterocycles. The molecule has 0 aliphatic heterocycles. The first-order chi connectivity index (χ1) is 27.8. The van der Waals surface area contributed by atoms with E-state index in [0.29, 0.717) is 0 Å². The minimum atomic E-state index is 1.20. The molecule has 0 spiro atoms. The van der Waals surface area contributed by atoms with Crippen LogP contribution in [-0.4, -0.2) is 0 Å². The van der Waals surface area contributed by atoms with Crippen LogP contribution in [0.1, 0.15) is 0 Å². The molecule has 11 aromatic carbocycles. The van der Waals surface area contributed by atoms with Gasteiger partial charge in [-0.3, -0.25) is 0 Å². The van der Waals surface area contributed by atoms with E-state index >= 15 is 0 Å². The van der Waals surface area contributed by atoms with Crippen LogP contribution < -0.4 is 0 Å². The van der Waals surface area contributed by atoms with Gasteiger partial charge < -0.3 is 0 Å². The standard InChI is InChI=1S/C56H36/c1-2-18-40-35-41(32-31-37(40)15-1)46-24-8-10-26-49(46)56-52-28-12-11-27-51(52)55(50-30-14-20-39-17-4-6-22-44(39)50)53-34-33-42(36-54(53)56)45-23-7-9-25-47(45)48-29-13-19-38-16-3-5-21-43(38)48/h1-36H. The van der Waals surface area contributed by atoms with Crippen LogP contribution in [0.15, 0.2) is 218 Å². The van der Waals surface area contributed by atoms with Crippen molar-refractivity contribution in [3.05, 3.63) is 218 Å². The molecule has 0 saturated carbocycles. The largest absolute Gasteiger partial charge is 0.0616 e. The van der Waals surface area contributed by atoms with Crippen molar-refractivity contribution in [3.8, 4) is 55.6 Å². The van der Waals surface area contributed by atoms with Crippen molar-refractivity contribution in [1.29, 1.82) is 0 Å². The van der Waals surface area contributed by atoms with Crippen molar-refractivity contribution in [2.45, 2.75) is 0 Å². The highest BCUT2D eigenvalue weighted by Gasteiger charge is 2.21. The van der Waals surface area contributed by atoms with Gasteiger partial charge in [0.1, 0.15) is 0 Å². The molecule has 0 aliphatic rings. The fourth-order valence-electron chi connectivity index (χ4n) is 9.11. The van der Waals surface area contributed by atoms with Crippen molar-refractivity contribution >= 4 is 53.9 Å². The Morgan fingerprint density at radius 1 is 0.179 bits per heavy atom. The van der Waals surface area contributed by atoms with Crippen LogP contribution in [0.2, 0.25) is 0 Å². The summed E-state index contributed by atoms with van der Waals surface area (Å²) in [4.78, 5) is 0. The van der Waals surface area contributed by atoms with Gasteiger partial charge in [-0.25, -0.2) is 0 Å². The second-order valence-electron chi connectivity index (χ2n) is 14.8. The van der Waals surface area contributed by atoms with Gasteiger partial charge in [-0.15, -0.1) is 0 Å². The van der Waals surface area contributed by atoms with Crippen LogP contribution in [0.5, 0.6) is 0 Å². The first-order valence-corrected chi connectivity index (χ1v) is 19.4. The van der Waals surface area contributed by atoms with Gasteiger partial charge in [0.15, 0.2) is 0 Å². The van der Waals surface area contributed by atoms with E-state index in [0.717, 1.165) is 0 Å². The second kappa shape index (κ2) is 13.2. The van der Waals surface area contributed by atoms with E-state index in [1.165, 1.54) is 109 Å². The lowest BCUT2D eigenvalue weighted by Gasteiger charge is -2.21. The third-order valence-electron chi connectivity index (χ3n) is 11.7. The molecule has 0 nitrogen and oxygen atoms in total. The monoisotopic (exact) mass is 708 g/mol. The average molecular weight is 709 g/mol. The molecular weight excluding hydrogens is 673 g/mol. The molecule has 0 heterocycles. The highest BCUT2D eigenvalue weighted by Crippen LogP contribution is 2.49. The number of rotatable bonds is 5. The summed E-state index contributed by atoms with van der Waals surface area (Å²) in [5, 5.41) is 12.5. The van der Waals surface area contributed by atoms with Crippen molar-refractivity contribution in [1.82, 2.24) is 0 Å². The summed E-state index contributed by atoms with van der Waals surface area (Å²) < 4.78 is 0. The maximum Gasteiger partial charge on any atom is -0.00199 e. The molecule has 0 unspecified atom stereocenters. The molecule has 11 rings (SSSR count). The smallest absolute Gasteiger partial charge is 0.00199 e. The Balaban J connectivity index is 1.25. The zero-order valence-electron chi connectivity index (χ0n) is 30.8. The Kier molecular flexibility index (Phi) is 7.60. The van der Waals surface area contributed by atoms with Crippen LogP contribution in [0, 0.1) is 0 Å². The molecule has 260 valence electrons. The highest BCUT2D eigenvalue weighted by atomic mass is 14.2. The molecule has 0 saturated heterocycles. The average Bonchev–Trinajstić information content (AvgIpc) is 3.27. The third-order valence-corrected chi connectivity index (χ3v) is 11.7. The third kappa shape index (κ3) is 5.22. The van der Waals surface area contributed by atoms with Gasteiger partial charge in [0.25, 0.3) is 0 Å². The lowest BCUT2D eigenvalue weighted by Crippen LogP contribution is -1.94. The predicted octanol–water partition coefficient (Wildman–Crippen LogP) is 15.8. The van der Waals surface area contributed by atoms with Crippen molar-refractivity contribution in [3.63, 3.8) is 0 Å². The lowest BCUT2D eigenvalue weighted by atomic mass is 9.81. The van der Waals surface area contributed by atoms with Gasteiger partial charge in [-0.2, -0.15) is 0 Å². The zero-order chi connectivity index (χ0) is 37.0. The number of hydrogen-bond acceptors (Lipinski definition) is 0. The SMILES string of the molecule is c1ccc(-c2cccc3ccccc23)c(-c2ccc3c(-c4cccc5ccccc45)c4ccccc4c(-c4ccccc4-c4ccc5ccccc5c4)c3c2)c1. The van der Waals surface area contributed by atoms with Crippen molar-refractivity contribution < 1.29 is 0 Å². The quantitative estimate of drug-likeness (QED) is 0.156. The number of benzene rings is 11. The molecule has 0 N–H and O–H groups in total. The van der Waals surface area contributed by atoms with Gasteiger partial charge in [0, 0.05) is 0 Å². The molecule has 0 radical (unpaired) electrons. The fraction of sp³-hybridized carbons (Fsp3) is 0. The second-order valence-corrected chi connectivity index (χ2v) is 14.8. The van der Waals surface area contributed by atoms with Crippen molar-refractivity contribution in [2.75, 3.05) is 0 Å². The number of fused-ring (bicyclic) bond motifs is 5. The maximum atomic E-state index is 2.47. The van der Waals surface area contributed by atoms with E-state index < -0.39 is 0 Å². The summed E-state index contributed by atoms with van der Waals surface area (Å²) in [6.45, 7) is 0. The Labute approximate surface area is 326 Å². The molecule has 0 atom stereocenters. The van der Waals surface area contributed by atoms with Crippen LogP contribution in [-0.2, 0) is 0 Å². The van der Waals surface area contributed by atoms with Gasteiger partial charge >= 0.3 is 0 Å². The molecule has 0 aliphatic carbocycles. The van der Waals surface area contributed by atoms with E-state index in [2.05, 4.69) is 218 Å². The summed E-state index contributed by atoms with van der Waals surface area (Å²) in [7, 11) is 0. The molecule has 0 amide bonds. The molecular formula is C56H36. The van der Waals surface area contributed by atoms with Crippen LogP contribution in [0.3, 0.4) is 0 Å². The van der Waals surface area contributed by atoms with Gasteiger partial charge in [0.05, 0.1) is 0 Å². The zero-order valence-corrected chi connectivity index (χ0v) is 30.8. The van der Waals surface area contributed by atoms with Crippen LogP contribution >= 0.6 is 0 Å².